The summed E-state index contributed by atoms with van der Waals surface area (Å²) in [7, 11) is -4.22. The van der Waals surface area contributed by atoms with Gasteiger partial charge in [-0.25, -0.2) is 8.42 Å². The molecular weight excluding hydrogens is 665 g/mol. The van der Waals surface area contributed by atoms with E-state index in [-0.39, 0.29) is 29.5 Å². The Morgan fingerprint density at radius 1 is 0.848 bits per heavy atom. The molecule has 4 aromatic rings. The van der Waals surface area contributed by atoms with Crippen molar-refractivity contribution in [3.8, 4) is 0 Å². The molecule has 0 fully saturated rings. The maximum Gasteiger partial charge on any atom is 0.264 e. The zero-order chi connectivity index (χ0) is 33.3. The summed E-state index contributed by atoms with van der Waals surface area (Å²) in [6.45, 7) is 3.66. The van der Waals surface area contributed by atoms with Crippen LogP contribution in [0.25, 0.3) is 0 Å². The predicted octanol–water partition coefficient (Wildman–Crippen LogP) is 7.71. The van der Waals surface area contributed by atoms with Gasteiger partial charge in [-0.05, 0) is 73.0 Å². The molecule has 0 unspecified atom stereocenters. The first-order valence-electron chi connectivity index (χ1n) is 14.9. The van der Waals surface area contributed by atoms with Crippen molar-refractivity contribution in [2.75, 3.05) is 17.4 Å². The molecule has 46 heavy (non-hydrogen) atoms. The number of unbranched alkanes of at least 4 members (excludes halogenated alkanes) is 1. The number of nitrogens with zero attached hydrogens (tertiary/aromatic N) is 2. The fraction of sp³-hybridized carbons (Fsp3) is 0.257. The summed E-state index contributed by atoms with van der Waals surface area (Å²) >= 11 is 18.9. The Bertz CT molecular complexity index is 1740. The van der Waals surface area contributed by atoms with Gasteiger partial charge in [0.1, 0.15) is 12.6 Å². The Balaban J connectivity index is 1.80. The Morgan fingerprint density at radius 3 is 2.13 bits per heavy atom. The fourth-order valence-corrected chi connectivity index (χ4v) is 6.88. The summed E-state index contributed by atoms with van der Waals surface area (Å²) in [6, 6.07) is 25.9. The zero-order valence-corrected chi connectivity index (χ0v) is 28.7. The third-order valence-corrected chi connectivity index (χ3v) is 10.1. The van der Waals surface area contributed by atoms with Crippen molar-refractivity contribution in [2.24, 2.45) is 0 Å². The summed E-state index contributed by atoms with van der Waals surface area (Å²) in [5, 5.41) is 4.11. The van der Waals surface area contributed by atoms with E-state index in [1.54, 1.807) is 54.6 Å². The molecule has 1 atom stereocenters. The maximum atomic E-state index is 14.5. The third-order valence-electron chi connectivity index (χ3n) is 7.46. The average Bonchev–Trinajstić information content (AvgIpc) is 3.03. The minimum absolute atomic E-state index is 0.0197. The Morgan fingerprint density at radius 2 is 1.50 bits per heavy atom. The van der Waals surface area contributed by atoms with E-state index in [0.717, 1.165) is 28.3 Å². The standard InChI is InChI=1S/C35H36Cl3N3O4S/c1-3-4-20-39-35(43)33(21-26-8-6-5-7-9-26)40(23-27-12-13-29(37)22-32(27)38)34(42)24-41(30-16-14-28(36)15-17-30)46(44,45)31-18-10-25(2)11-19-31/h5-19,22,33H,3-4,20-21,23-24H2,1-2H3,(H,39,43)/t33-/m1/s1. The summed E-state index contributed by atoms with van der Waals surface area (Å²) < 4.78 is 29.3. The molecule has 1 N–H and O–H groups in total. The minimum atomic E-state index is -4.22. The van der Waals surface area contributed by atoms with E-state index in [2.05, 4.69) is 5.32 Å². The number of aryl methyl sites for hydroxylation is 1. The van der Waals surface area contributed by atoms with Gasteiger partial charge in [0.05, 0.1) is 10.6 Å². The highest BCUT2D eigenvalue weighted by atomic mass is 35.5. The number of hydrogen-bond acceptors (Lipinski definition) is 4. The number of nitrogens with one attached hydrogen (secondary N) is 1. The number of hydrogen-bond donors (Lipinski definition) is 1. The highest BCUT2D eigenvalue weighted by Gasteiger charge is 2.35. The average molecular weight is 701 g/mol. The van der Waals surface area contributed by atoms with E-state index in [0.29, 0.717) is 27.2 Å². The second-order valence-electron chi connectivity index (χ2n) is 10.9. The summed E-state index contributed by atoms with van der Waals surface area (Å²) in [5.74, 6) is -0.946. The molecule has 0 aliphatic rings. The summed E-state index contributed by atoms with van der Waals surface area (Å²) in [6.07, 6.45) is 1.83. The van der Waals surface area contributed by atoms with Gasteiger partial charge in [-0.2, -0.15) is 0 Å². The zero-order valence-electron chi connectivity index (χ0n) is 25.6. The molecule has 4 rings (SSSR count). The molecule has 0 bridgehead atoms. The van der Waals surface area contributed by atoms with Crippen LogP contribution in [0.1, 0.15) is 36.5 Å². The van der Waals surface area contributed by atoms with Gasteiger partial charge in [0.25, 0.3) is 10.0 Å². The van der Waals surface area contributed by atoms with Crippen LogP contribution in [0.5, 0.6) is 0 Å². The van der Waals surface area contributed by atoms with Gasteiger partial charge in [0.15, 0.2) is 0 Å². The van der Waals surface area contributed by atoms with E-state index >= 15 is 0 Å². The molecule has 0 heterocycles. The molecule has 0 radical (unpaired) electrons. The van der Waals surface area contributed by atoms with Crippen molar-refractivity contribution >= 4 is 62.3 Å². The Kier molecular flexibility index (Phi) is 12.5. The number of halogens is 3. The first-order valence-corrected chi connectivity index (χ1v) is 17.5. The molecule has 242 valence electrons. The summed E-state index contributed by atoms with van der Waals surface area (Å²) in [5.41, 5.74) is 2.52. The number of sulfonamides is 1. The van der Waals surface area contributed by atoms with Crippen LogP contribution < -0.4 is 9.62 Å². The van der Waals surface area contributed by atoms with Gasteiger partial charge < -0.3 is 10.2 Å². The lowest BCUT2D eigenvalue weighted by molar-refractivity contribution is -0.140. The van der Waals surface area contributed by atoms with Gasteiger partial charge in [-0.1, -0.05) is 102 Å². The minimum Gasteiger partial charge on any atom is -0.354 e. The number of anilines is 1. The van der Waals surface area contributed by atoms with Gasteiger partial charge >= 0.3 is 0 Å². The molecule has 7 nitrogen and oxygen atoms in total. The summed E-state index contributed by atoms with van der Waals surface area (Å²) in [4.78, 5) is 29.8. The van der Waals surface area contributed by atoms with Gasteiger partial charge in [0, 0.05) is 34.6 Å². The second-order valence-corrected chi connectivity index (χ2v) is 14.1. The number of amides is 2. The number of rotatable bonds is 14. The molecule has 0 aromatic heterocycles. The highest BCUT2D eigenvalue weighted by molar-refractivity contribution is 7.92. The third kappa shape index (κ3) is 9.26. The topological polar surface area (TPSA) is 86.8 Å². The Hall–Kier alpha value is -3.56. The van der Waals surface area contributed by atoms with Crippen LogP contribution in [0, 0.1) is 6.92 Å². The van der Waals surface area contributed by atoms with Crippen LogP contribution in [0.2, 0.25) is 15.1 Å². The fourth-order valence-electron chi connectivity index (χ4n) is 4.87. The molecule has 4 aromatic carbocycles. The van der Waals surface area contributed by atoms with Crippen molar-refractivity contribution in [3.63, 3.8) is 0 Å². The molecule has 0 saturated carbocycles. The van der Waals surface area contributed by atoms with Crippen LogP contribution in [0.3, 0.4) is 0 Å². The lowest BCUT2D eigenvalue weighted by atomic mass is 10.0. The molecule has 2 amide bonds. The lowest BCUT2D eigenvalue weighted by Gasteiger charge is -2.34. The quantitative estimate of drug-likeness (QED) is 0.137. The van der Waals surface area contributed by atoms with E-state index in [4.69, 9.17) is 34.8 Å². The molecule has 11 heteroatoms. The van der Waals surface area contributed by atoms with Crippen LogP contribution in [0.15, 0.2) is 102 Å². The van der Waals surface area contributed by atoms with Crippen molar-refractivity contribution < 1.29 is 18.0 Å². The highest BCUT2D eigenvalue weighted by Crippen LogP contribution is 2.28. The molecule has 0 aliphatic carbocycles. The van der Waals surface area contributed by atoms with Crippen LogP contribution >= 0.6 is 34.8 Å². The van der Waals surface area contributed by atoms with Crippen molar-refractivity contribution in [2.45, 2.75) is 50.6 Å². The largest absolute Gasteiger partial charge is 0.354 e. The number of carbonyl (C=O) groups is 2. The second kappa shape index (κ2) is 16.3. The SMILES string of the molecule is CCCCNC(=O)[C@@H](Cc1ccccc1)N(Cc1ccc(Cl)cc1Cl)C(=O)CN(c1ccc(Cl)cc1)S(=O)(=O)c1ccc(C)cc1. The van der Waals surface area contributed by atoms with E-state index < -0.39 is 28.5 Å². The maximum absolute atomic E-state index is 14.5. The van der Waals surface area contributed by atoms with E-state index in [1.807, 2.05) is 44.2 Å². The van der Waals surface area contributed by atoms with Gasteiger partial charge in [-0.15, -0.1) is 0 Å². The smallest absolute Gasteiger partial charge is 0.264 e. The van der Waals surface area contributed by atoms with Crippen molar-refractivity contribution in [1.29, 1.82) is 0 Å². The van der Waals surface area contributed by atoms with E-state index in [9.17, 15) is 18.0 Å². The van der Waals surface area contributed by atoms with Crippen LogP contribution in [-0.4, -0.2) is 44.3 Å². The van der Waals surface area contributed by atoms with Crippen LogP contribution in [0.4, 0.5) is 5.69 Å². The molecule has 0 aliphatic heterocycles. The predicted molar refractivity (Wildman–Crippen MR) is 186 cm³/mol. The monoisotopic (exact) mass is 699 g/mol. The molecule has 0 spiro atoms. The lowest BCUT2D eigenvalue weighted by Crippen LogP contribution is -2.53. The van der Waals surface area contributed by atoms with Crippen LogP contribution in [-0.2, 0) is 32.6 Å². The molecule has 0 saturated heterocycles. The van der Waals surface area contributed by atoms with Gasteiger partial charge in [0.2, 0.25) is 11.8 Å². The van der Waals surface area contributed by atoms with Gasteiger partial charge in [-0.3, -0.25) is 13.9 Å². The first kappa shape index (κ1) is 35.3. The first-order chi connectivity index (χ1) is 22.0. The molecular formula is C35H36Cl3N3O4S. The van der Waals surface area contributed by atoms with E-state index in [1.165, 1.54) is 17.0 Å². The van der Waals surface area contributed by atoms with Crippen molar-refractivity contribution in [3.05, 3.63) is 129 Å². The number of benzene rings is 4. The normalized spacial score (nSPS) is 11.9. The number of carbonyl (C=O) groups excluding carboxylic acids is 2. The Labute approximate surface area is 286 Å². The van der Waals surface area contributed by atoms with Crippen molar-refractivity contribution in [1.82, 2.24) is 10.2 Å².